The van der Waals surface area contributed by atoms with Crippen molar-refractivity contribution in [3.05, 3.63) is 0 Å². The average Bonchev–Trinajstić information content (AvgIpc) is 2.33. The van der Waals surface area contributed by atoms with Crippen LogP contribution < -0.4 is 5.73 Å². The molecule has 0 atom stereocenters. The van der Waals surface area contributed by atoms with Gasteiger partial charge < -0.3 is 10.6 Å². The Labute approximate surface area is 82.5 Å². The van der Waals surface area contributed by atoms with E-state index < -0.39 is 0 Å². The molecule has 0 radical (unpaired) electrons. The summed E-state index contributed by atoms with van der Waals surface area (Å²) in [5, 5.41) is 0. The van der Waals surface area contributed by atoms with E-state index in [1.54, 1.807) is 0 Å². The predicted molar refractivity (Wildman–Crippen MR) is 57.7 cm³/mol. The molecule has 1 fully saturated rings. The molecule has 2 N–H and O–H groups in total. The fraction of sp³-hybridized carbons (Fsp3) is 1.00. The second-order valence-corrected chi connectivity index (χ2v) is 5.16. The SMILES string of the molecule is CC(C)CN(C)CC1(N)CCCC1. The van der Waals surface area contributed by atoms with E-state index in [1.165, 1.54) is 32.2 Å². The molecule has 0 aromatic carbocycles. The molecule has 78 valence electrons. The summed E-state index contributed by atoms with van der Waals surface area (Å²) >= 11 is 0. The van der Waals surface area contributed by atoms with Crippen LogP contribution in [-0.4, -0.2) is 30.6 Å². The van der Waals surface area contributed by atoms with E-state index in [0.717, 1.165) is 12.5 Å². The first-order chi connectivity index (χ1) is 6.02. The number of likely N-dealkylation sites (N-methyl/N-ethyl adjacent to an activating group) is 1. The maximum absolute atomic E-state index is 6.29. The summed E-state index contributed by atoms with van der Waals surface area (Å²) in [6.45, 7) is 6.76. The first-order valence-electron chi connectivity index (χ1n) is 5.49. The highest BCUT2D eigenvalue weighted by Crippen LogP contribution is 2.27. The van der Waals surface area contributed by atoms with Gasteiger partial charge in [-0.3, -0.25) is 0 Å². The standard InChI is InChI=1S/C11H24N2/c1-10(2)8-13(3)9-11(12)6-4-5-7-11/h10H,4-9,12H2,1-3H3. The first-order valence-corrected chi connectivity index (χ1v) is 5.49. The topological polar surface area (TPSA) is 29.3 Å². The van der Waals surface area contributed by atoms with Gasteiger partial charge >= 0.3 is 0 Å². The molecule has 0 aliphatic heterocycles. The van der Waals surface area contributed by atoms with Crippen molar-refractivity contribution in [2.75, 3.05) is 20.1 Å². The lowest BCUT2D eigenvalue weighted by atomic mass is 9.98. The summed E-state index contributed by atoms with van der Waals surface area (Å²) in [6, 6.07) is 0. The normalized spacial score (nSPS) is 21.7. The van der Waals surface area contributed by atoms with Crippen molar-refractivity contribution in [3.63, 3.8) is 0 Å². The Balaban J connectivity index is 2.29. The van der Waals surface area contributed by atoms with E-state index in [1.807, 2.05) is 0 Å². The van der Waals surface area contributed by atoms with Gasteiger partial charge in [0.15, 0.2) is 0 Å². The number of rotatable bonds is 4. The van der Waals surface area contributed by atoms with Crippen LogP contribution in [0.1, 0.15) is 39.5 Å². The van der Waals surface area contributed by atoms with Gasteiger partial charge in [0, 0.05) is 18.6 Å². The molecular formula is C11H24N2. The molecule has 0 aromatic rings. The fourth-order valence-corrected chi connectivity index (χ4v) is 2.46. The maximum atomic E-state index is 6.29. The minimum atomic E-state index is 0.129. The second kappa shape index (κ2) is 4.43. The zero-order valence-corrected chi connectivity index (χ0v) is 9.34. The third-order valence-electron chi connectivity index (χ3n) is 2.86. The molecule has 0 heterocycles. The average molecular weight is 184 g/mol. The molecule has 1 aliphatic rings. The van der Waals surface area contributed by atoms with Gasteiger partial charge in [-0.15, -0.1) is 0 Å². The van der Waals surface area contributed by atoms with Crippen LogP contribution in [0, 0.1) is 5.92 Å². The Morgan fingerprint density at radius 1 is 1.31 bits per heavy atom. The molecule has 0 unspecified atom stereocenters. The second-order valence-electron chi connectivity index (χ2n) is 5.16. The Morgan fingerprint density at radius 2 is 1.85 bits per heavy atom. The summed E-state index contributed by atoms with van der Waals surface area (Å²) in [5.41, 5.74) is 6.42. The molecular weight excluding hydrogens is 160 g/mol. The molecule has 1 aliphatic carbocycles. The van der Waals surface area contributed by atoms with E-state index in [0.29, 0.717) is 0 Å². The lowest BCUT2D eigenvalue weighted by Crippen LogP contribution is -2.47. The summed E-state index contributed by atoms with van der Waals surface area (Å²) in [5.74, 6) is 0.745. The molecule has 0 amide bonds. The molecule has 0 saturated heterocycles. The van der Waals surface area contributed by atoms with Crippen LogP contribution in [0.15, 0.2) is 0 Å². The smallest absolute Gasteiger partial charge is 0.0283 e. The minimum absolute atomic E-state index is 0.129. The molecule has 2 nitrogen and oxygen atoms in total. The number of nitrogens with two attached hydrogens (primary N) is 1. The van der Waals surface area contributed by atoms with Gasteiger partial charge in [-0.2, -0.15) is 0 Å². The van der Waals surface area contributed by atoms with Gasteiger partial charge in [-0.05, 0) is 25.8 Å². The maximum Gasteiger partial charge on any atom is 0.0283 e. The lowest BCUT2D eigenvalue weighted by Gasteiger charge is -2.30. The zero-order valence-electron chi connectivity index (χ0n) is 9.34. The monoisotopic (exact) mass is 184 g/mol. The third-order valence-corrected chi connectivity index (χ3v) is 2.86. The predicted octanol–water partition coefficient (Wildman–Crippen LogP) is 1.85. The van der Waals surface area contributed by atoms with Crippen LogP contribution in [0.25, 0.3) is 0 Å². The minimum Gasteiger partial charge on any atom is -0.324 e. The quantitative estimate of drug-likeness (QED) is 0.722. The van der Waals surface area contributed by atoms with E-state index in [-0.39, 0.29) is 5.54 Å². The Bertz CT molecular complexity index is 148. The van der Waals surface area contributed by atoms with E-state index in [9.17, 15) is 0 Å². The zero-order chi connectivity index (χ0) is 9.90. The Morgan fingerprint density at radius 3 is 2.31 bits per heavy atom. The highest BCUT2D eigenvalue weighted by atomic mass is 15.1. The van der Waals surface area contributed by atoms with Crippen molar-refractivity contribution in [2.24, 2.45) is 11.7 Å². The van der Waals surface area contributed by atoms with E-state index in [2.05, 4.69) is 25.8 Å². The first kappa shape index (κ1) is 11.0. The van der Waals surface area contributed by atoms with Crippen LogP contribution >= 0.6 is 0 Å². The van der Waals surface area contributed by atoms with Gasteiger partial charge in [0.2, 0.25) is 0 Å². The fourth-order valence-electron chi connectivity index (χ4n) is 2.46. The van der Waals surface area contributed by atoms with Crippen molar-refractivity contribution < 1.29 is 0 Å². The van der Waals surface area contributed by atoms with Crippen LogP contribution in [0.4, 0.5) is 0 Å². The van der Waals surface area contributed by atoms with E-state index >= 15 is 0 Å². The Hall–Kier alpha value is -0.0800. The van der Waals surface area contributed by atoms with Crippen LogP contribution in [0.5, 0.6) is 0 Å². The largest absolute Gasteiger partial charge is 0.324 e. The van der Waals surface area contributed by atoms with Crippen LogP contribution in [-0.2, 0) is 0 Å². The van der Waals surface area contributed by atoms with Crippen molar-refractivity contribution in [1.82, 2.24) is 4.90 Å². The van der Waals surface area contributed by atoms with Crippen LogP contribution in [0.3, 0.4) is 0 Å². The molecule has 1 rings (SSSR count). The molecule has 0 aromatic heterocycles. The number of hydrogen-bond acceptors (Lipinski definition) is 2. The summed E-state index contributed by atoms with van der Waals surface area (Å²) in [6.07, 6.45) is 5.09. The molecule has 13 heavy (non-hydrogen) atoms. The van der Waals surface area contributed by atoms with E-state index in [4.69, 9.17) is 5.73 Å². The van der Waals surface area contributed by atoms with Gasteiger partial charge in [0.1, 0.15) is 0 Å². The van der Waals surface area contributed by atoms with Crippen LogP contribution in [0.2, 0.25) is 0 Å². The summed E-state index contributed by atoms with van der Waals surface area (Å²) in [4.78, 5) is 2.38. The van der Waals surface area contributed by atoms with Gasteiger partial charge in [-0.25, -0.2) is 0 Å². The van der Waals surface area contributed by atoms with Gasteiger partial charge in [-0.1, -0.05) is 26.7 Å². The van der Waals surface area contributed by atoms with Gasteiger partial charge in [0.05, 0.1) is 0 Å². The summed E-state index contributed by atoms with van der Waals surface area (Å²) < 4.78 is 0. The molecule has 0 bridgehead atoms. The summed E-state index contributed by atoms with van der Waals surface area (Å²) in [7, 11) is 2.19. The molecule has 2 heteroatoms. The highest BCUT2D eigenvalue weighted by molar-refractivity contribution is 4.91. The van der Waals surface area contributed by atoms with Crippen molar-refractivity contribution in [2.45, 2.75) is 45.1 Å². The van der Waals surface area contributed by atoms with Crippen molar-refractivity contribution >= 4 is 0 Å². The molecule has 1 saturated carbocycles. The van der Waals surface area contributed by atoms with Crippen molar-refractivity contribution in [1.29, 1.82) is 0 Å². The third kappa shape index (κ3) is 3.65. The molecule has 0 spiro atoms. The number of hydrogen-bond donors (Lipinski definition) is 1. The lowest BCUT2D eigenvalue weighted by molar-refractivity contribution is 0.227. The van der Waals surface area contributed by atoms with Gasteiger partial charge in [0.25, 0.3) is 0 Å². The highest BCUT2D eigenvalue weighted by Gasteiger charge is 2.30. The number of nitrogens with zero attached hydrogens (tertiary/aromatic N) is 1. The van der Waals surface area contributed by atoms with Crippen molar-refractivity contribution in [3.8, 4) is 0 Å². The Kier molecular flexibility index (Phi) is 3.74.